The molecule has 108 valence electrons. The fourth-order valence-electron chi connectivity index (χ4n) is 2.39. The number of nitrogens with zero attached hydrogens (tertiary/aromatic N) is 1. The molecule has 0 spiro atoms. The van der Waals surface area contributed by atoms with E-state index in [1.54, 1.807) is 17.0 Å². The lowest BCUT2D eigenvalue weighted by Crippen LogP contribution is -2.43. The van der Waals surface area contributed by atoms with Crippen LogP contribution < -0.4 is 4.74 Å². The van der Waals surface area contributed by atoms with Gasteiger partial charge in [-0.25, -0.2) is 0 Å². The monoisotopic (exact) mass is 297 g/mol. The summed E-state index contributed by atoms with van der Waals surface area (Å²) in [6.07, 6.45) is -0.0755. The van der Waals surface area contributed by atoms with Gasteiger partial charge in [0.25, 0.3) is 5.91 Å². The average molecular weight is 298 g/mol. The van der Waals surface area contributed by atoms with Gasteiger partial charge in [-0.15, -0.1) is 0 Å². The van der Waals surface area contributed by atoms with E-state index in [0.717, 1.165) is 5.56 Å². The second-order valence-electron chi connectivity index (χ2n) is 4.88. The first-order chi connectivity index (χ1) is 9.72. The summed E-state index contributed by atoms with van der Waals surface area (Å²) in [7, 11) is 0. The first-order valence-electron chi connectivity index (χ1n) is 6.61. The van der Waals surface area contributed by atoms with E-state index in [9.17, 15) is 4.79 Å². The lowest BCUT2D eigenvalue weighted by atomic mass is 10.2. The van der Waals surface area contributed by atoms with Gasteiger partial charge in [-0.05, 0) is 18.2 Å². The molecule has 1 fully saturated rings. The third-order valence-electron chi connectivity index (χ3n) is 3.40. The number of fused-ring (bicyclic) bond motifs is 1. The Morgan fingerprint density at radius 2 is 2.25 bits per heavy atom. The minimum Gasteiger partial charge on any atom is -0.483 e. The van der Waals surface area contributed by atoms with Crippen molar-refractivity contribution in [1.82, 2.24) is 4.90 Å². The van der Waals surface area contributed by atoms with Crippen molar-refractivity contribution in [3.63, 3.8) is 0 Å². The second kappa shape index (κ2) is 5.99. The molecule has 0 aliphatic carbocycles. The van der Waals surface area contributed by atoms with Gasteiger partial charge in [0.05, 0.1) is 25.9 Å². The van der Waals surface area contributed by atoms with E-state index in [4.69, 9.17) is 25.8 Å². The van der Waals surface area contributed by atoms with Gasteiger partial charge in [-0.3, -0.25) is 4.79 Å². The van der Waals surface area contributed by atoms with Crippen molar-refractivity contribution in [3.05, 3.63) is 28.8 Å². The van der Waals surface area contributed by atoms with E-state index < -0.39 is 0 Å². The molecule has 0 aromatic heterocycles. The zero-order valence-corrected chi connectivity index (χ0v) is 11.8. The predicted molar refractivity (Wildman–Crippen MR) is 72.9 cm³/mol. The molecule has 2 aliphatic heterocycles. The quantitative estimate of drug-likeness (QED) is 0.829. The maximum absolute atomic E-state index is 12.1. The van der Waals surface area contributed by atoms with Crippen LogP contribution in [0, 0.1) is 0 Å². The lowest BCUT2D eigenvalue weighted by molar-refractivity contribution is -0.140. The largest absolute Gasteiger partial charge is 0.483 e. The normalized spacial score (nSPS) is 22.9. The molecule has 0 N–H and O–H groups in total. The Balaban J connectivity index is 1.74. The Morgan fingerprint density at radius 1 is 1.35 bits per heavy atom. The van der Waals surface area contributed by atoms with Crippen molar-refractivity contribution in [3.8, 4) is 5.75 Å². The third-order valence-corrected chi connectivity index (χ3v) is 3.63. The van der Waals surface area contributed by atoms with Crippen LogP contribution in [0.15, 0.2) is 18.2 Å². The van der Waals surface area contributed by atoms with Gasteiger partial charge < -0.3 is 19.1 Å². The number of rotatable bonds is 2. The molecule has 2 aliphatic rings. The minimum atomic E-state index is -0.0755. The van der Waals surface area contributed by atoms with Gasteiger partial charge in [0.1, 0.15) is 5.75 Å². The molecule has 1 aromatic rings. The molecule has 1 aromatic carbocycles. The van der Waals surface area contributed by atoms with Gasteiger partial charge in [0.2, 0.25) is 0 Å². The number of benzene rings is 1. The highest BCUT2D eigenvalue weighted by Gasteiger charge is 2.26. The molecule has 3 rings (SSSR count). The molecule has 0 radical (unpaired) electrons. The van der Waals surface area contributed by atoms with E-state index in [-0.39, 0.29) is 18.6 Å². The second-order valence-corrected chi connectivity index (χ2v) is 5.32. The van der Waals surface area contributed by atoms with Crippen LogP contribution in [0.3, 0.4) is 0 Å². The highest BCUT2D eigenvalue weighted by atomic mass is 35.5. The SMILES string of the molecule is O=C1COc2ccc(Cl)cc2CN1C[C@@H]1COCCO1. The molecule has 2 heterocycles. The Bertz CT molecular complexity index is 502. The number of hydrogen-bond donors (Lipinski definition) is 0. The van der Waals surface area contributed by atoms with Gasteiger partial charge in [-0.2, -0.15) is 0 Å². The Labute approximate surface area is 122 Å². The zero-order valence-electron chi connectivity index (χ0n) is 11.0. The first-order valence-corrected chi connectivity index (χ1v) is 6.98. The summed E-state index contributed by atoms with van der Waals surface area (Å²) in [6.45, 7) is 2.75. The molecular formula is C14H16ClNO4. The van der Waals surface area contributed by atoms with Crippen molar-refractivity contribution < 1.29 is 19.0 Å². The summed E-state index contributed by atoms with van der Waals surface area (Å²) in [5, 5.41) is 0.638. The Kier molecular flexibility index (Phi) is 4.10. The minimum absolute atomic E-state index is 0.0439. The standard InChI is InChI=1S/C14H16ClNO4/c15-11-1-2-13-10(5-11)6-16(14(17)9-20-13)7-12-8-18-3-4-19-12/h1-2,5,12H,3-4,6-9H2/t12-/m1/s1. The molecular weight excluding hydrogens is 282 g/mol. The maximum atomic E-state index is 12.1. The maximum Gasteiger partial charge on any atom is 0.260 e. The molecule has 6 heteroatoms. The highest BCUT2D eigenvalue weighted by molar-refractivity contribution is 6.30. The molecule has 1 amide bonds. The number of ether oxygens (including phenoxy) is 3. The van der Waals surface area contributed by atoms with Crippen molar-refractivity contribution in [1.29, 1.82) is 0 Å². The summed E-state index contributed by atoms with van der Waals surface area (Å²) >= 11 is 6.00. The van der Waals surface area contributed by atoms with Gasteiger partial charge in [0.15, 0.2) is 6.61 Å². The van der Waals surface area contributed by atoms with Crippen LogP contribution in [0.25, 0.3) is 0 Å². The number of carbonyl (C=O) groups excluding carboxylic acids is 1. The average Bonchev–Trinajstić information content (AvgIpc) is 2.60. The zero-order chi connectivity index (χ0) is 13.9. The molecule has 0 saturated carbocycles. The number of amides is 1. The summed E-state index contributed by atoms with van der Waals surface area (Å²) < 4.78 is 16.5. The molecule has 5 nitrogen and oxygen atoms in total. The van der Waals surface area contributed by atoms with Crippen molar-refractivity contribution in [2.45, 2.75) is 12.6 Å². The molecule has 1 atom stereocenters. The van der Waals surface area contributed by atoms with Crippen LogP contribution >= 0.6 is 11.6 Å². The van der Waals surface area contributed by atoms with E-state index in [1.807, 2.05) is 6.07 Å². The van der Waals surface area contributed by atoms with Crippen LogP contribution in [0.1, 0.15) is 5.56 Å². The summed E-state index contributed by atoms with van der Waals surface area (Å²) in [4.78, 5) is 13.9. The van der Waals surface area contributed by atoms with Crippen molar-refractivity contribution in [2.24, 2.45) is 0 Å². The molecule has 1 saturated heterocycles. The van der Waals surface area contributed by atoms with Crippen molar-refractivity contribution >= 4 is 17.5 Å². The van der Waals surface area contributed by atoms with E-state index in [0.29, 0.717) is 43.7 Å². The number of halogens is 1. The fraction of sp³-hybridized carbons (Fsp3) is 0.500. The predicted octanol–water partition coefficient (Wildman–Crippen LogP) is 1.48. The number of carbonyl (C=O) groups is 1. The Hall–Kier alpha value is -1.30. The third kappa shape index (κ3) is 3.06. The lowest BCUT2D eigenvalue weighted by Gasteiger charge is -2.28. The van der Waals surface area contributed by atoms with E-state index >= 15 is 0 Å². The van der Waals surface area contributed by atoms with Crippen LogP contribution in [0.5, 0.6) is 5.75 Å². The first kappa shape index (κ1) is 13.7. The van der Waals surface area contributed by atoms with Crippen LogP contribution in [-0.4, -0.2) is 49.9 Å². The van der Waals surface area contributed by atoms with Gasteiger partial charge >= 0.3 is 0 Å². The Morgan fingerprint density at radius 3 is 3.05 bits per heavy atom. The molecule has 0 unspecified atom stereocenters. The summed E-state index contributed by atoms with van der Waals surface area (Å²) in [5.74, 6) is 0.664. The topological polar surface area (TPSA) is 48.0 Å². The van der Waals surface area contributed by atoms with Crippen molar-refractivity contribution in [2.75, 3.05) is 33.0 Å². The smallest absolute Gasteiger partial charge is 0.260 e. The molecule has 0 bridgehead atoms. The number of hydrogen-bond acceptors (Lipinski definition) is 4. The van der Waals surface area contributed by atoms with Crippen LogP contribution in [0.4, 0.5) is 0 Å². The van der Waals surface area contributed by atoms with Gasteiger partial charge in [-0.1, -0.05) is 11.6 Å². The van der Waals surface area contributed by atoms with E-state index in [2.05, 4.69) is 0 Å². The molecule has 20 heavy (non-hydrogen) atoms. The van der Waals surface area contributed by atoms with Crippen LogP contribution in [0.2, 0.25) is 5.02 Å². The summed E-state index contributed by atoms with van der Waals surface area (Å²) in [6, 6.07) is 5.40. The summed E-state index contributed by atoms with van der Waals surface area (Å²) in [5.41, 5.74) is 0.917. The van der Waals surface area contributed by atoms with Crippen LogP contribution in [-0.2, 0) is 20.8 Å². The highest BCUT2D eigenvalue weighted by Crippen LogP contribution is 2.26. The van der Waals surface area contributed by atoms with E-state index in [1.165, 1.54) is 0 Å². The van der Waals surface area contributed by atoms with Gasteiger partial charge in [0, 0.05) is 23.7 Å². The fourth-order valence-corrected chi connectivity index (χ4v) is 2.59.